The predicted octanol–water partition coefficient (Wildman–Crippen LogP) is 3.90. The van der Waals surface area contributed by atoms with Crippen molar-refractivity contribution in [2.45, 2.75) is 20.0 Å². The first kappa shape index (κ1) is 14.3. The van der Waals surface area contributed by atoms with Crippen molar-refractivity contribution in [2.75, 3.05) is 0 Å². The van der Waals surface area contributed by atoms with E-state index in [1.165, 1.54) is 0 Å². The van der Waals surface area contributed by atoms with Gasteiger partial charge in [0, 0.05) is 18.0 Å². The maximum Gasteiger partial charge on any atom is 0.119 e. The van der Waals surface area contributed by atoms with Crippen molar-refractivity contribution in [3.8, 4) is 5.75 Å². The Balaban J connectivity index is 2.03. The number of hydrogen-bond acceptors (Lipinski definition) is 4. The summed E-state index contributed by atoms with van der Waals surface area (Å²) in [6.07, 6.45) is 3.94. The van der Waals surface area contributed by atoms with E-state index < -0.39 is 0 Å². The summed E-state index contributed by atoms with van der Waals surface area (Å²) in [7, 11) is 0. The Bertz CT molecular complexity index is 597. The van der Waals surface area contributed by atoms with Crippen molar-refractivity contribution in [2.24, 2.45) is 5.16 Å². The van der Waals surface area contributed by atoms with E-state index in [2.05, 4.69) is 10.1 Å². The molecule has 0 bridgehead atoms. The summed E-state index contributed by atoms with van der Waals surface area (Å²) in [6, 6.07) is 9.23. The Morgan fingerprint density at radius 3 is 2.65 bits per heavy atom. The van der Waals surface area contributed by atoms with E-state index in [4.69, 9.17) is 21.5 Å². The highest BCUT2D eigenvalue weighted by Crippen LogP contribution is 2.18. The summed E-state index contributed by atoms with van der Waals surface area (Å²) in [5.74, 6) is 0.732. The molecule has 0 unspecified atom stereocenters. The Morgan fingerprint density at radius 2 is 2.05 bits per heavy atom. The largest absolute Gasteiger partial charge is 0.489 e. The van der Waals surface area contributed by atoms with Crippen LogP contribution in [0.1, 0.15) is 24.5 Å². The van der Waals surface area contributed by atoms with Gasteiger partial charge in [0.2, 0.25) is 0 Å². The molecule has 0 saturated carbocycles. The highest BCUT2D eigenvalue weighted by Gasteiger charge is 2.04. The van der Waals surface area contributed by atoms with Crippen LogP contribution in [0.25, 0.3) is 0 Å². The van der Waals surface area contributed by atoms with Crippen LogP contribution in [0.4, 0.5) is 0 Å². The number of halogens is 1. The second-order valence-electron chi connectivity index (χ2n) is 4.18. The topological polar surface area (TPSA) is 54.7 Å². The average Bonchev–Trinajstić information content (AvgIpc) is 2.49. The average molecular weight is 291 g/mol. The Kier molecular flexibility index (Phi) is 4.96. The van der Waals surface area contributed by atoms with Crippen LogP contribution in [0.15, 0.2) is 47.9 Å². The van der Waals surface area contributed by atoms with Gasteiger partial charge in [0.05, 0.1) is 10.7 Å². The lowest BCUT2D eigenvalue weighted by Crippen LogP contribution is -2.00. The van der Waals surface area contributed by atoms with Crippen LogP contribution in [0.5, 0.6) is 5.75 Å². The van der Waals surface area contributed by atoms with Crippen molar-refractivity contribution < 1.29 is 9.94 Å². The first-order valence-corrected chi connectivity index (χ1v) is 6.65. The van der Waals surface area contributed by atoms with E-state index in [1.807, 2.05) is 37.3 Å². The van der Waals surface area contributed by atoms with E-state index in [0.717, 1.165) is 16.9 Å². The molecular formula is C15H15ClN2O2. The van der Waals surface area contributed by atoms with Crippen LogP contribution in [-0.2, 0) is 6.61 Å². The van der Waals surface area contributed by atoms with Crippen molar-refractivity contribution in [1.82, 2.24) is 4.98 Å². The first-order valence-electron chi connectivity index (χ1n) is 6.27. The van der Waals surface area contributed by atoms with Gasteiger partial charge < -0.3 is 9.94 Å². The third-order valence-electron chi connectivity index (χ3n) is 2.89. The van der Waals surface area contributed by atoms with E-state index in [1.54, 1.807) is 12.4 Å². The van der Waals surface area contributed by atoms with Crippen LogP contribution in [-0.4, -0.2) is 15.9 Å². The summed E-state index contributed by atoms with van der Waals surface area (Å²) in [4.78, 5) is 3.93. The lowest BCUT2D eigenvalue weighted by atomic mass is 10.1. The second-order valence-corrected chi connectivity index (χ2v) is 4.59. The molecule has 2 aromatic rings. The molecule has 0 aliphatic heterocycles. The minimum absolute atomic E-state index is 0.384. The van der Waals surface area contributed by atoms with Crippen molar-refractivity contribution in [1.29, 1.82) is 0 Å². The molecule has 0 amide bonds. The Labute approximate surface area is 122 Å². The summed E-state index contributed by atoms with van der Waals surface area (Å²) >= 11 is 6.01. The molecule has 0 fully saturated rings. The van der Waals surface area contributed by atoms with Gasteiger partial charge in [-0.05, 0) is 42.3 Å². The zero-order valence-corrected chi connectivity index (χ0v) is 11.8. The van der Waals surface area contributed by atoms with Crippen LogP contribution in [0.2, 0.25) is 5.02 Å². The number of oxime groups is 1. The van der Waals surface area contributed by atoms with E-state index in [-0.39, 0.29) is 0 Å². The van der Waals surface area contributed by atoms with Gasteiger partial charge in [0.15, 0.2) is 0 Å². The third kappa shape index (κ3) is 3.48. The SMILES string of the molecule is CCC(=NO)c1ccc(OCc2ccncc2Cl)cc1. The molecule has 0 radical (unpaired) electrons. The van der Waals surface area contributed by atoms with Crippen molar-refractivity contribution in [3.63, 3.8) is 0 Å². The van der Waals surface area contributed by atoms with Crippen molar-refractivity contribution >= 4 is 17.3 Å². The van der Waals surface area contributed by atoms with E-state index in [9.17, 15) is 0 Å². The van der Waals surface area contributed by atoms with Crippen LogP contribution in [0.3, 0.4) is 0 Å². The fourth-order valence-electron chi connectivity index (χ4n) is 1.76. The monoisotopic (exact) mass is 290 g/mol. The highest BCUT2D eigenvalue weighted by molar-refractivity contribution is 6.31. The summed E-state index contributed by atoms with van der Waals surface area (Å²) in [5, 5.41) is 12.7. The molecule has 1 N–H and O–H groups in total. The minimum Gasteiger partial charge on any atom is -0.489 e. The van der Waals surface area contributed by atoms with Gasteiger partial charge in [-0.25, -0.2) is 0 Å². The lowest BCUT2D eigenvalue weighted by molar-refractivity contribution is 0.306. The maximum atomic E-state index is 8.87. The lowest BCUT2D eigenvalue weighted by Gasteiger charge is -2.08. The quantitative estimate of drug-likeness (QED) is 0.516. The minimum atomic E-state index is 0.384. The standard InChI is InChI=1S/C15H15ClN2O2/c1-2-15(18-19)11-3-5-13(6-4-11)20-10-12-7-8-17-9-14(12)16/h3-9,19H,2,10H2,1H3. The zero-order valence-electron chi connectivity index (χ0n) is 11.1. The van der Waals surface area contributed by atoms with Gasteiger partial charge in [0.25, 0.3) is 0 Å². The molecule has 0 atom stereocenters. The third-order valence-corrected chi connectivity index (χ3v) is 3.23. The maximum absolute atomic E-state index is 8.87. The summed E-state index contributed by atoms with van der Waals surface area (Å²) in [5.41, 5.74) is 2.41. The molecule has 4 nitrogen and oxygen atoms in total. The normalized spacial score (nSPS) is 11.4. The summed E-state index contributed by atoms with van der Waals surface area (Å²) in [6.45, 7) is 2.32. The molecule has 0 saturated heterocycles. The number of hydrogen-bond donors (Lipinski definition) is 1. The Hall–Kier alpha value is -2.07. The van der Waals surface area contributed by atoms with E-state index in [0.29, 0.717) is 23.8 Å². The van der Waals surface area contributed by atoms with Gasteiger partial charge in [-0.15, -0.1) is 0 Å². The molecule has 104 valence electrons. The van der Waals surface area contributed by atoms with Crippen LogP contribution < -0.4 is 4.74 Å². The molecule has 5 heteroatoms. The predicted molar refractivity (Wildman–Crippen MR) is 78.6 cm³/mol. The first-order chi connectivity index (χ1) is 9.74. The number of ether oxygens (including phenoxy) is 1. The van der Waals surface area contributed by atoms with Crippen LogP contribution >= 0.6 is 11.6 Å². The van der Waals surface area contributed by atoms with E-state index >= 15 is 0 Å². The van der Waals surface area contributed by atoms with Crippen LogP contribution in [0, 0.1) is 0 Å². The van der Waals surface area contributed by atoms with Gasteiger partial charge in [-0.2, -0.15) is 0 Å². The van der Waals surface area contributed by atoms with Gasteiger partial charge in [-0.3, -0.25) is 4.98 Å². The number of aromatic nitrogens is 1. The molecule has 1 heterocycles. The number of rotatable bonds is 5. The van der Waals surface area contributed by atoms with Gasteiger partial charge in [-0.1, -0.05) is 23.7 Å². The molecule has 0 aliphatic carbocycles. The summed E-state index contributed by atoms with van der Waals surface area (Å²) < 4.78 is 5.66. The van der Waals surface area contributed by atoms with Gasteiger partial charge >= 0.3 is 0 Å². The second kappa shape index (κ2) is 6.91. The molecule has 2 rings (SSSR count). The zero-order chi connectivity index (χ0) is 14.4. The number of nitrogens with zero attached hydrogens (tertiary/aromatic N) is 2. The van der Waals surface area contributed by atoms with Gasteiger partial charge in [0.1, 0.15) is 12.4 Å². The molecule has 1 aromatic heterocycles. The number of benzene rings is 1. The highest BCUT2D eigenvalue weighted by atomic mass is 35.5. The van der Waals surface area contributed by atoms with Crippen molar-refractivity contribution in [3.05, 3.63) is 58.9 Å². The molecular weight excluding hydrogens is 276 g/mol. The smallest absolute Gasteiger partial charge is 0.119 e. The number of pyridine rings is 1. The molecule has 1 aromatic carbocycles. The molecule has 0 spiro atoms. The molecule has 20 heavy (non-hydrogen) atoms. The Morgan fingerprint density at radius 1 is 1.30 bits per heavy atom. The molecule has 0 aliphatic rings. The fourth-order valence-corrected chi connectivity index (χ4v) is 1.93. The fraction of sp³-hybridized carbons (Fsp3) is 0.200.